The van der Waals surface area contributed by atoms with Crippen molar-refractivity contribution in [1.29, 1.82) is 5.26 Å². The molecule has 0 spiro atoms. The van der Waals surface area contributed by atoms with Gasteiger partial charge in [0.05, 0.1) is 21.9 Å². The molecule has 0 bridgehead atoms. The first-order valence-corrected chi connectivity index (χ1v) is 15.1. The van der Waals surface area contributed by atoms with Gasteiger partial charge in [-0.05, 0) is 66.8 Å². The summed E-state index contributed by atoms with van der Waals surface area (Å²) in [7, 11) is -4.04. The van der Waals surface area contributed by atoms with Crippen LogP contribution in [0.5, 0.6) is 0 Å². The van der Waals surface area contributed by atoms with Crippen LogP contribution < -0.4 is 10.6 Å². The van der Waals surface area contributed by atoms with E-state index in [9.17, 15) is 23.6 Å². The maximum Gasteiger partial charge on any atom is 0.307 e. The fourth-order valence-electron chi connectivity index (χ4n) is 5.54. The third kappa shape index (κ3) is 4.22. The Morgan fingerprint density at radius 3 is 2.62 bits per heavy atom. The summed E-state index contributed by atoms with van der Waals surface area (Å²) in [6.07, 6.45) is 5.39. The lowest BCUT2D eigenvalue weighted by Crippen LogP contribution is -2.36. The second-order valence-corrected chi connectivity index (χ2v) is 13.1. The van der Waals surface area contributed by atoms with Gasteiger partial charge in [-0.25, -0.2) is 12.4 Å². The molecule has 6 rings (SSSR count). The smallest absolute Gasteiger partial charge is 0.307 e. The second-order valence-electron chi connectivity index (χ2n) is 10.4. The minimum absolute atomic E-state index is 0.105. The molecule has 196 valence electrons. The van der Waals surface area contributed by atoms with Gasteiger partial charge in [0, 0.05) is 21.9 Å². The molecule has 6 nitrogen and oxygen atoms in total. The molecule has 2 aromatic heterocycles. The van der Waals surface area contributed by atoms with Crippen molar-refractivity contribution in [3.63, 3.8) is 0 Å². The van der Waals surface area contributed by atoms with Crippen LogP contribution in [0, 0.1) is 30.1 Å². The number of fused-ring (bicyclic) bond motifs is 1. The van der Waals surface area contributed by atoms with Gasteiger partial charge >= 0.3 is 5.97 Å². The SMILES string of the molecule is Cc1ccc(S(=O)(=O)n2c(-c3cccc(C4CC4C(=O)O)c3)c(-c3ccsc3C#N)c3c2=C[C@@H](C)CC=3)cc1. The number of carboxylic acids is 1. The van der Waals surface area contributed by atoms with Crippen molar-refractivity contribution in [3.8, 4) is 28.5 Å². The van der Waals surface area contributed by atoms with Gasteiger partial charge in [0.15, 0.2) is 0 Å². The van der Waals surface area contributed by atoms with Crippen LogP contribution in [0.2, 0.25) is 0 Å². The summed E-state index contributed by atoms with van der Waals surface area (Å²) in [5, 5.41) is 22.7. The zero-order valence-corrected chi connectivity index (χ0v) is 23.1. The fraction of sp³-hybridized carbons (Fsp3) is 0.226. The Hall–Kier alpha value is -3.93. The maximum absolute atomic E-state index is 14.4. The molecule has 1 saturated carbocycles. The number of aromatic nitrogens is 1. The van der Waals surface area contributed by atoms with E-state index in [1.807, 2.05) is 48.7 Å². The third-order valence-corrected chi connectivity index (χ3v) is 10.2. The first-order chi connectivity index (χ1) is 18.7. The molecule has 2 aromatic carbocycles. The van der Waals surface area contributed by atoms with E-state index >= 15 is 0 Å². The van der Waals surface area contributed by atoms with Gasteiger partial charge in [-0.1, -0.05) is 55.0 Å². The van der Waals surface area contributed by atoms with Crippen LogP contribution in [0.4, 0.5) is 0 Å². The summed E-state index contributed by atoms with van der Waals surface area (Å²) in [5.41, 5.74) is 4.41. The second kappa shape index (κ2) is 9.37. The minimum Gasteiger partial charge on any atom is -0.481 e. The van der Waals surface area contributed by atoms with Gasteiger partial charge in [-0.3, -0.25) is 4.79 Å². The van der Waals surface area contributed by atoms with E-state index in [0.717, 1.165) is 22.8 Å². The van der Waals surface area contributed by atoms with Crippen molar-refractivity contribution in [2.24, 2.45) is 11.8 Å². The van der Waals surface area contributed by atoms with E-state index in [1.54, 1.807) is 24.3 Å². The number of carboxylic acid groups (broad SMARTS) is 1. The quantitative estimate of drug-likeness (QED) is 0.358. The lowest BCUT2D eigenvalue weighted by Gasteiger charge is -2.15. The number of aliphatic carboxylic acids is 1. The average Bonchev–Trinajstić information content (AvgIpc) is 3.47. The van der Waals surface area contributed by atoms with E-state index < -0.39 is 21.9 Å². The highest BCUT2D eigenvalue weighted by Crippen LogP contribution is 2.48. The first-order valence-electron chi connectivity index (χ1n) is 12.8. The van der Waals surface area contributed by atoms with Gasteiger partial charge in [0.25, 0.3) is 10.0 Å². The number of aryl methyl sites for hydroxylation is 1. The molecular formula is C31H26N2O4S2. The Morgan fingerprint density at radius 2 is 1.92 bits per heavy atom. The third-order valence-electron chi connectivity index (χ3n) is 7.63. The first kappa shape index (κ1) is 25.4. The fourth-order valence-corrected chi connectivity index (χ4v) is 7.77. The van der Waals surface area contributed by atoms with Crippen molar-refractivity contribution in [2.45, 2.75) is 37.5 Å². The predicted molar refractivity (Wildman–Crippen MR) is 152 cm³/mol. The highest BCUT2D eigenvalue weighted by Gasteiger charge is 2.44. The molecule has 1 fully saturated rings. The van der Waals surface area contributed by atoms with Crippen LogP contribution in [0.15, 0.2) is 64.9 Å². The highest BCUT2D eigenvalue weighted by molar-refractivity contribution is 7.90. The van der Waals surface area contributed by atoms with E-state index in [4.69, 9.17) is 0 Å². The van der Waals surface area contributed by atoms with E-state index in [0.29, 0.717) is 39.0 Å². The molecule has 2 aliphatic carbocycles. The maximum atomic E-state index is 14.4. The van der Waals surface area contributed by atoms with Crippen LogP contribution in [0.1, 0.15) is 41.7 Å². The summed E-state index contributed by atoms with van der Waals surface area (Å²) in [6, 6.07) is 18.5. The summed E-state index contributed by atoms with van der Waals surface area (Å²) in [4.78, 5) is 12.3. The molecular weight excluding hydrogens is 528 g/mol. The van der Waals surface area contributed by atoms with Crippen LogP contribution in [-0.4, -0.2) is 23.5 Å². The zero-order chi connectivity index (χ0) is 27.5. The van der Waals surface area contributed by atoms with Crippen molar-refractivity contribution >= 4 is 39.5 Å². The molecule has 0 saturated heterocycles. The van der Waals surface area contributed by atoms with Crippen LogP contribution in [-0.2, 0) is 14.8 Å². The molecule has 2 heterocycles. The molecule has 0 aliphatic heterocycles. The van der Waals surface area contributed by atoms with Crippen molar-refractivity contribution < 1.29 is 18.3 Å². The molecule has 3 atom stereocenters. The Labute approximate surface area is 230 Å². The molecule has 1 N–H and O–H groups in total. The van der Waals surface area contributed by atoms with Crippen LogP contribution in [0.25, 0.3) is 34.5 Å². The van der Waals surface area contributed by atoms with E-state index in [2.05, 4.69) is 19.1 Å². The summed E-state index contributed by atoms with van der Waals surface area (Å²) >= 11 is 1.33. The average molecular weight is 555 g/mol. The van der Waals surface area contributed by atoms with Crippen molar-refractivity contribution in [1.82, 2.24) is 3.97 Å². The zero-order valence-electron chi connectivity index (χ0n) is 21.5. The number of carbonyl (C=O) groups is 1. The standard InChI is InChI=1S/C31H26N2O4S2/c1-18-6-9-22(10-7-18)39(36,37)33-27-14-19(2)8-11-23(27)29(24-12-13-38-28(24)17-32)30(33)21-5-3-4-20(15-21)25-16-26(25)31(34)35/h3-7,9-15,19,25-26H,8,16H2,1-2H3,(H,34,35)/t19-,25?,26?/m0/s1. The molecule has 8 heteroatoms. The van der Waals surface area contributed by atoms with Crippen molar-refractivity contribution in [2.75, 3.05) is 0 Å². The number of benzene rings is 2. The van der Waals surface area contributed by atoms with Crippen LogP contribution in [0.3, 0.4) is 0 Å². The lowest BCUT2D eigenvalue weighted by molar-refractivity contribution is -0.138. The van der Waals surface area contributed by atoms with E-state index in [1.165, 1.54) is 15.3 Å². The van der Waals surface area contributed by atoms with Gasteiger partial charge in [-0.2, -0.15) is 5.26 Å². The van der Waals surface area contributed by atoms with Gasteiger partial charge in [0.1, 0.15) is 10.9 Å². The number of nitrogens with zero attached hydrogens (tertiary/aromatic N) is 2. The predicted octanol–water partition coefficient (Wildman–Crippen LogP) is 5.09. The normalized spacial score (nSPS) is 19.9. The lowest BCUT2D eigenvalue weighted by atomic mass is 9.95. The molecule has 39 heavy (non-hydrogen) atoms. The van der Waals surface area contributed by atoms with Gasteiger partial charge in [-0.15, -0.1) is 11.3 Å². The monoisotopic (exact) mass is 554 g/mol. The highest BCUT2D eigenvalue weighted by atomic mass is 32.2. The Morgan fingerprint density at radius 1 is 1.15 bits per heavy atom. The minimum atomic E-state index is -4.04. The van der Waals surface area contributed by atoms with Gasteiger partial charge in [0.2, 0.25) is 0 Å². The summed E-state index contributed by atoms with van der Waals surface area (Å²) in [6.45, 7) is 3.97. The Bertz CT molecular complexity index is 1910. The molecule has 0 amide bonds. The number of hydrogen-bond acceptors (Lipinski definition) is 5. The number of hydrogen-bond donors (Lipinski definition) is 1. The molecule has 2 unspecified atom stereocenters. The number of thiophene rings is 1. The Kier molecular flexibility index (Phi) is 6.09. The number of rotatable bonds is 6. The topological polar surface area (TPSA) is 100 Å². The summed E-state index contributed by atoms with van der Waals surface area (Å²) in [5.74, 6) is -1.22. The van der Waals surface area contributed by atoms with Crippen molar-refractivity contribution in [3.05, 3.63) is 86.5 Å². The van der Waals surface area contributed by atoms with Crippen LogP contribution >= 0.6 is 11.3 Å². The molecule has 4 aromatic rings. The summed E-state index contributed by atoms with van der Waals surface area (Å²) < 4.78 is 30.3. The molecule has 0 radical (unpaired) electrons. The largest absolute Gasteiger partial charge is 0.481 e. The Balaban J connectivity index is 1.72. The van der Waals surface area contributed by atoms with E-state index in [-0.39, 0.29) is 16.7 Å². The number of nitriles is 1. The molecule has 2 aliphatic rings. The van der Waals surface area contributed by atoms with Gasteiger partial charge < -0.3 is 5.11 Å².